The number of hydrogen-bond acceptors (Lipinski definition) is 3. The van der Waals surface area contributed by atoms with Crippen LogP contribution in [0.15, 0.2) is 35.7 Å². The highest BCUT2D eigenvalue weighted by molar-refractivity contribution is 5.76. The van der Waals surface area contributed by atoms with Gasteiger partial charge in [0.2, 0.25) is 0 Å². The van der Waals surface area contributed by atoms with E-state index in [-0.39, 0.29) is 0 Å². The molecule has 0 unspecified atom stereocenters. The zero-order valence-electron chi connectivity index (χ0n) is 6.25. The van der Waals surface area contributed by atoms with E-state index in [9.17, 15) is 0 Å². The van der Waals surface area contributed by atoms with E-state index in [1.54, 1.807) is 6.20 Å². The first-order valence-electron chi connectivity index (χ1n) is 3.51. The van der Waals surface area contributed by atoms with Gasteiger partial charge in [0.15, 0.2) is 5.82 Å². The number of rotatable bonds is 1. The van der Waals surface area contributed by atoms with Crippen molar-refractivity contribution < 1.29 is 5.21 Å². The maximum absolute atomic E-state index is 8.31. The van der Waals surface area contributed by atoms with Crippen LogP contribution >= 0.6 is 0 Å². The summed E-state index contributed by atoms with van der Waals surface area (Å²) < 4.78 is 1.83. The van der Waals surface area contributed by atoms with Gasteiger partial charge in [-0.15, -0.1) is 0 Å². The quantitative estimate of drug-likeness (QED) is 0.387. The number of fused-ring (bicyclic) bond motifs is 1. The minimum atomic E-state index is 0.619. The fraction of sp³-hybridized carbons (Fsp3) is 0. The molecule has 2 heterocycles. The van der Waals surface area contributed by atoms with Gasteiger partial charge in [-0.1, -0.05) is 11.2 Å². The van der Waals surface area contributed by atoms with Gasteiger partial charge in [-0.25, -0.2) is 4.98 Å². The van der Waals surface area contributed by atoms with Crippen molar-refractivity contribution in [2.45, 2.75) is 0 Å². The van der Waals surface area contributed by atoms with E-state index < -0.39 is 0 Å². The summed E-state index contributed by atoms with van der Waals surface area (Å²) in [5, 5.41) is 11.2. The van der Waals surface area contributed by atoms with Crippen LogP contribution in [0.4, 0.5) is 0 Å². The second-order valence-electron chi connectivity index (χ2n) is 2.36. The number of oxime groups is 1. The van der Waals surface area contributed by atoms with Crippen LogP contribution in [0.1, 0.15) is 5.82 Å². The van der Waals surface area contributed by atoms with Crippen molar-refractivity contribution in [1.29, 1.82) is 0 Å². The summed E-state index contributed by atoms with van der Waals surface area (Å²) in [5.74, 6) is 0.619. The molecule has 0 aliphatic heterocycles. The normalized spacial score (nSPS) is 11.3. The van der Waals surface area contributed by atoms with E-state index in [1.165, 1.54) is 6.21 Å². The minimum absolute atomic E-state index is 0.619. The van der Waals surface area contributed by atoms with Crippen molar-refractivity contribution in [2.24, 2.45) is 5.16 Å². The van der Waals surface area contributed by atoms with Crippen LogP contribution in [0.3, 0.4) is 0 Å². The zero-order valence-corrected chi connectivity index (χ0v) is 6.25. The molecule has 2 aromatic rings. The molecule has 0 aliphatic rings. The lowest BCUT2D eigenvalue weighted by Crippen LogP contribution is -1.91. The summed E-state index contributed by atoms with van der Waals surface area (Å²) >= 11 is 0. The molecule has 0 atom stereocenters. The number of aromatic nitrogens is 2. The first kappa shape index (κ1) is 6.84. The van der Waals surface area contributed by atoms with Crippen LogP contribution in [-0.2, 0) is 0 Å². The molecule has 0 saturated carbocycles. The van der Waals surface area contributed by atoms with Crippen molar-refractivity contribution in [2.75, 3.05) is 0 Å². The lowest BCUT2D eigenvalue weighted by atomic mass is 10.4. The van der Waals surface area contributed by atoms with Gasteiger partial charge in [0, 0.05) is 6.20 Å². The first-order valence-corrected chi connectivity index (χ1v) is 3.51. The zero-order chi connectivity index (χ0) is 8.39. The summed E-state index contributed by atoms with van der Waals surface area (Å²) in [4.78, 5) is 4.04. The van der Waals surface area contributed by atoms with Crippen LogP contribution in [0, 0.1) is 0 Å². The standard InChI is InChI=1S/C8H7N3O/c12-10-6-8-9-5-7-3-1-2-4-11(7)8/h1-6,12H/b10-6-. The number of imidazole rings is 1. The molecule has 0 bridgehead atoms. The highest BCUT2D eigenvalue weighted by atomic mass is 16.4. The fourth-order valence-corrected chi connectivity index (χ4v) is 1.11. The maximum Gasteiger partial charge on any atom is 0.159 e. The van der Waals surface area contributed by atoms with Crippen LogP contribution in [0.5, 0.6) is 0 Å². The van der Waals surface area contributed by atoms with E-state index in [1.807, 2.05) is 28.8 Å². The summed E-state index contributed by atoms with van der Waals surface area (Å²) in [6.45, 7) is 0. The molecule has 0 radical (unpaired) electrons. The van der Waals surface area contributed by atoms with Gasteiger partial charge in [0.05, 0.1) is 11.7 Å². The Balaban J connectivity index is 2.70. The topological polar surface area (TPSA) is 49.9 Å². The molecular formula is C8H7N3O. The van der Waals surface area contributed by atoms with Gasteiger partial charge in [-0.3, -0.25) is 4.40 Å². The molecule has 2 rings (SSSR count). The molecule has 1 N–H and O–H groups in total. The summed E-state index contributed by atoms with van der Waals surface area (Å²) in [6.07, 6.45) is 4.88. The molecule has 0 amide bonds. The van der Waals surface area contributed by atoms with Gasteiger partial charge in [0.25, 0.3) is 0 Å². The molecule has 0 fully saturated rings. The van der Waals surface area contributed by atoms with E-state index >= 15 is 0 Å². The molecular weight excluding hydrogens is 154 g/mol. The number of hydrogen-bond donors (Lipinski definition) is 1. The van der Waals surface area contributed by atoms with E-state index in [2.05, 4.69) is 10.1 Å². The third-order valence-corrected chi connectivity index (χ3v) is 1.64. The smallest absolute Gasteiger partial charge is 0.159 e. The monoisotopic (exact) mass is 161 g/mol. The Hall–Kier alpha value is -1.84. The first-order chi connectivity index (χ1) is 5.92. The summed E-state index contributed by atoms with van der Waals surface area (Å²) in [5.41, 5.74) is 0.979. The number of pyridine rings is 1. The Bertz CT molecular complexity index is 419. The van der Waals surface area contributed by atoms with E-state index in [4.69, 9.17) is 5.21 Å². The lowest BCUT2D eigenvalue weighted by molar-refractivity contribution is 0.321. The Kier molecular flexibility index (Phi) is 1.51. The van der Waals surface area contributed by atoms with Gasteiger partial charge in [-0.05, 0) is 12.1 Å². The van der Waals surface area contributed by atoms with E-state index in [0.717, 1.165) is 5.52 Å². The third-order valence-electron chi connectivity index (χ3n) is 1.64. The largest absolute Gasteiger partial charge is 0.411 e. The highest BCUT2D eigenvalue weighted by Gasteiger charge is 1.97. The van der Waals surface area contributed by atoms with Crippen LogP contribution < -0.4 is 0 Å². The maximum atomic E-state index is 8.31. The lowest BCUT2D eigenvalue weighted by Gasteiger charge is -1.92. The van der Waals surface area contributed by atoms with Crippen molar-refractivity contribution in [1.82, 2.24) is 9.38 Å². The highest BCUT2D eigenvalue weighted by Crippen LogP contribution is 2.03. The van der Waals surface area contributed by atoms with Gasteiger partial charge < -0.3 is 5.21 Å². The number of nitrogens with zero attached hydrogens (tertiary/aromatic N) is 3. The van der Waals surface area contributed by atoms with Crippen LogP contribution in [0.25, 0.3) is 5.52 Å². The van der Waals surface area contributed by atoms with Gasteiger partial charge in [0.1, 0.15) is 6.21 Å². The van der Waals surface area contributed by atoms with Crippen LogP contribution in [0.2, 0.25) is 0 Å². The van der Waals surface area contributed by atoms with Crippen molar-refractivity contribution >= 4 is 11.7 Å². The Morgan fingerprint density at radius 3 is 3.25 bits per heavy atom. The second kappa shape index (κ2) is 2.65. The van der Waals surface area contributed by atoms with Gasteiger partial charge >= 0.3 is 0 Å². The Morgan fingerprint density at radius 1 is 1.50 bits per heavy atom. The SMILES string of the molecule is O/N=C\c1ncc2ccccn12. The molecule has 0 spiro atoms. The summed E-state index contributed by atoms with van der Waals surface area (Å²) in [6, 6.07) is 5.75. The van der Waals surface area contributed by atoms with Crippen molar-refractivity contribution in [3.05, 3.63) is 36.4 Å². The third kappa shape index (κ3) is 0.934. The molecule has 4 nitrogen and oxygen atoms in total. The molecule has 0 aliphatic carbocycles. The Labute approximate surface area is 68.8 Å². The molecule has 0 aromatic carbocycles. The molecule has 4 heteroatoms. The predicted molar refractivity (Wildman–Crippen MR) is 44.6 cm³/mol. The minimum Gasteiger partial charge on any atom is -0.411 e. The molecule has 60 valence electrons. The van der Waals surface area contributed by atoms with Crippen molar-refractivity contribution in [3.8, 4) is 0 Å². The average Bonchev–Trinajstić information content (AvgIpc) is 2.50. The van der Waals surface area contributed by atoms with E-state index in [0.29, 0.717) is 5.82 Å². The Morgan fingerprint density at radius 2 is 2.42 bits per heavy atom. The predicted octanol–water partition coefficient (Wildman–Crippen LogP) is 1.14. The second-order valence-corrected chi connectivity index (χ2v) is 2.36. The van der Waals surface area contributed by atoms with Crippen molar-refractivity contribution in [3.63, 3.8) is 0 Å². The van der Waals surface area contributed by atoms with Crippen LogP contribution in [-0.4, -0.2) is 20.8 Å². The average molecular weight is 161 g/mol. The fourth-order valence-electron chi connectivity index (χ4n) is 1.11. The van der Waals surface area contributed by atoms with Gasteiger partial charge in [-0.2, -0.15) is 0 Å². The molecule has 0 saturated heterocycles. The molecule has 12 heavy (non-hydrogen) atoms. The molecule has 2 aromatic heterocycles. The summed E-state index contributed by atoms with van der Waals surface area (Å²) in [7, 11) is 0.